The normalized spacial score (nSPS) is 11.5. The molecule has 0 aliphatic rings. The van der Waals surface area contributed by atoms with E-state index in [1.807, 2.05) is 25.8 Å². The van der Waals surface area contributed by atoms with Gasteiger partial charge in [-0.05, 0) is 19.3 Å². The minimum Gasteiger partial charge on any atom is -0.345 e. The monoisotopic (exact) mass is 277 g/mol. The Morgan fingerprint density at radius 2 is 1.87 bits per heavy atom. The lowest BCUT2D eigenvalue weighted by molar-refractivity contribution is -0.139. The van der Waals surface area contributed by atoms with E-state index in [0.717, 1.165) is 24.7 Å². The van der Waals surface area contributed by atoms with E-state index in [1.165, 1.54) is 12.8 Å². The second-order valence-corrected chi connectivity index (χ2v) is 5.51. The molecule has 0 aromatic heterocycles. The summed E-state index contributed by atoms with van der Waals surface area (Å²) in [7, 11) is 1.91. The van der Waals surface area contributed by atoms with E-state index in [0.29, 0.717) is 0 Å². The Balaban J connectivity index is 3.89. The molecule has 15 heavy (non-hydrogen) atoms. The molecule has 0 bridgehead atoms. The van der Waals surface area contributed by atoms with Crippen LogP contribution in [0.4, 0.5) is 0 Å². The predicted octanol–water partition coefficient (Wildman–Crippen LogP) is 3.45. The van der Waals surface area contributed by atoms with Crippen LogP contribution in [-0.4, -0.2) is 29.7 Å². The Morgan fingerprint density at radius 1 is 1.27 bits per heavy atom. The van der Waals surface area contributed by atoms with Crippen LogP contribution in [0, 0.1) is 5.41 Å². The molecule has 0 spiro atoms. The van der Waals surface area contributed by atoms with E-state index in [1.54, 1.807) is 0 Å². The van der Waals surface area contributed by atoms with Gasteiger partial charge < -0.3 is 4.90 Å². The zero-order valence-corrected chi connectivity index (χ0v) is 12.1. The van der Waals surface area contributed by atoms with Crippen molar-refractivity contribution in [3.05, 3.63) is 0 Å². The zero-order chi connectivity index (χ0) is 11.9. The molecule has 0 atom stereocenters. The number of rotatable bonds is 7. The predicted molar refractivity (Wildman–Crippen MR) is 69.4 cm³/mol. The summed E-state index contributed by atoms with van der Waals surface area (Å²) in [6.45, 7) is 6.99. The number of carbonyl (C=O) groups is 1. The van der Waals surface area contributed by atoms with Crippen LogP contribution in [0.5, 0.6) is 0 Å². The second kappa shape index (κ2) is 7.26. The fraction of sp³-hybridized carbons (Fsp3) is 0.917. The quantitative estimate of drug-likeness (QED) is 0.516. The van der Waals surface area contributed by atoms with Gasteiger partial charge >= 0.3 is 0 Å². The van der Waals surface area contributed by atoms with Gasteiger partial charge in [-0.1, -0.05) is 43.1 Å². The lowest BCUT2D eigenvalue weighted by atomic mass is 9.88. The van der Waals surface area contributed by atoms with E-state index in [9.17, 15) is 4.79 Å². The summed E-state index contributed by atoms with van der Waals surface area (Å²) in [6, 6.07) is 0. The Hall–Kier alpha value is -0.0500. The molecule has 2 nitrogen and oxygen atoms in total. The first-order chi connectivity index (χ1) is 6.95. The lowest BCUT2D eigenvalue weighted by Crippen LogP contribution is -2.38. The van der Waals surface area contributed by atoms with Gasteiger partial charge in [0.2, 0.25) is 5.91 Å². The summed E-state index contributed by atoms with van der Waals surface area (Å²) in [5.74, 6) is 0.267. The molecule has 0 saturated heterocycles. The molecule has 0 aromatic carbocycles. The fourth-order valence-electron chi connectivity index (χ4n) is 1.39. The van der Waals surface area contributed by atoms with Crippen molar-refractivity contribution in [1.29, 1.82) is 0 Å². The van der Waals surface area contributed by atoms with Gasteiger partial charge in [-0.2, -0.15) is 0 Å². The topological polar surface area (TPSA) is 20.3 Å². The van der Waals surface area contributed by atoms with Gasteiger partial charge in [-0.25, -0.2) is 0 Å². The first kappa shape index (κ1) is 14.9. The maximum absolute atomic E-state index is 12.0. The maximum Gasteiger partial charge on any atom is 0.227 e. The third kappa shape index (κ3) is 5.55. The summed E-state index contributed by atoms with van der Waals surface area (Å²) >= 11 is 3.41. The number of alkyl halides is 1. The van der Waals surface area contributed by atoms with Gasteiger partial charge in [0.25, 0.3) is 0 Å². The van der Waals surface area contributed by atoms with E-state index in [-0.39, 0.29) is 11.3 Å². The Morgan fingerprint density at radius 3 is 2.33 bits per heavy atom. The van der Waals surface area contributed by atoms with Crippen LogP contribution < -0.4 is 0 Å². The molecule has 0 saturated carbocycles. The molecule has 0 unspecified atom stereocenters. The van der Waals surface area contributed by atoms with Crippen LogP contribution in [-0.2, 0) is 4.79 Å². The molecular weight excluding hydrogens is 254 g/mol. The molecule has 0 aliphatic heterocycles. The average molecular weight is 278 g/mol. The van der Waals surface area contributed by atoms with Gasteiger partial charge in [0.1, 0.15) is 0 Å². The summed E-state index contributed by atoms with van der Waals surface area (Å²) in [5, 5.41) is 1.06. The molecule has 0 radical (unpaired) electrons. The number of amides is 1. The molecule has 0 aromatic rings. The maximum atomic E-state index is 12.0. The Bertz CT molecular complexity index is 192. The van der Waals surface area contributed by atoms with Gasteiger partial charge in [0, 0.05) is 24.3 Å². The van der Waals surface area contributed by atoms with Crippen LogP contribution in [0.1, 0.15) is 46.5 Å². The molecule has 1 amide bonds. The third-order valence-electron chi connectivity index (χ3n) is 2.94. The molecule has 0 fully saturated rings. The third-order valence-corrected chi connectivity index (χ3v) is 3.50. The van der Waals surface area contributed by atoms with Gasteiger partial charge in [-0.3, -0.25) is 4.79 Å². The van der Waals surface area contributed by atoms with E-state index >= 15 is 0 Å². The number of halogens is 1. The first-order valence-corrected chi connectivity index (χ1v) is 6.89. The molecule has 0 aliphatic carbocycles. The van der Waals surface area contributed by atoms with Crippen molar-refractivity contribution >= 4 is 21.8 Å². The molecule has 0 rings (SSSR count). The fourth-order valence-corrected chi connectivity index (χ4v) is 1.79. The molecule has 90 valence electrons. The number of hydrogen-bond acceptors (Lipinski definition) is 1. The van der Waals surface area contributed by atoms with Crippen LogP contribution in [0.15, 0.2) is 0 Å². The zero-order valence-electron chi connectivity index (χ0n) is 10.5. The smallest absolute Gasteiger partial charge is 0.227 e. The van der Waals surface area contributed by atoms with E-state index in [4.69, 9.17) is 0 Å². The molecule has 0 N–H and O–H groups in total. The van der Waals surface area contributed by atoms with Crippen molar-refractivity contribution in [2.75, 3.05) is 18.9 Å². The summed E-state index contributed by atoms with van der Waals surface area (Å²) in [6.07, 6.45) is 4.39. The van der Waals surface area contributed by atoms with Crippen molar-refractivity contribution < 1.29 is 4.79 Å². The minimum absolute atomic E-state index is 0.204. The summed E-state index contributed by atoms with van der Waals surface area (Å²) in [5.41, 5.74) is -0.204. The highest BCUT2D eigenvalue weighted by Crippen LogP contribution is 2.22. The lowest BCUT2D eigenvalue weighted by Gasteiger charge is -2.28. The number of hydrogen-bond donors (Lipinski definition) is 0. The molecule has 0 heterocycles. The number of nitrogens with zero attached hydrogens (tertiary/aromatic N) is 1. The summed E-state index contributed by atoms with van der Waals surface area (Å²) < 4.78 is 0. The highest BCUT2D eigenvalue weighted by molar-refractivity contribution is 9.09. The Labute approximate surface area is 103 Å². The van der Waals surface area contributed by atoms with E-state index < -0.39 is 0 Å². The van der Waals surface area contributed by atoms with E-state index in [2.05, 4.69) is 22.9 Å². The highest BCUT2D eigenvalue weighted by atomic mass is 79.9. The van der Waals surface area contributed by atoms with Crippen LogP contribution in [0.2, 0.25) is 0 Å². The van der Waals surface area contributed by atoms with Crippen LogP contribution >= 0.6 is 15.9 Å². The van der Waals surface area contributed by atoms with Crippen molar-refractivity contribution in [1.82, 2.24) is 4.90 Å². The van der Waals surface area contributed by atoms with Crippen LogP contribution in [0.25, 0.3) is 0 Å². The van der Waals surface area contributed by atoms with Crippen molar-refractivity contribution in [2.24, 2.45) is 5.41 Å². The second-order valence-electron chi connectivity index (χ2n) is 4.71. The molecular formula is C12H24BrNO. The minimum atomic E-state index is -0.204. The standard InChI is InChI=1S/C12H24BrNO/c1-5-12(2,3)11(15)14(4)10-8-6-7-9-13/h5-10H2,1-4H3. The largest absolute Gasteiger partial charge is 0.345 e. The number of unbranched alkanes of at least 4 members (excludes halogenated alkanes) is 2. The van der Waals surface area contributed by atoms with Crippen LogP contribution in [0.3, 0.4) is 0 Å². The SMILES string of the molecule is CCC(C)(C)C(=O)N(C)CCCCCBr. The average Bonchev–Trinajstić information content (AvgIpc) is 2.23. The Kier molecular flexibility index (Phi) is 7.24. The highest BCUT2D eigenvalue weighted by Gasteiger charge is 2.27. The van der Waals surface area contributed by atoms with Gasteiger partial charge in [0.15, 0.2) is 0 Å². The van der Waals surface area contributed by atoms with Crippen molar-refractivity contribution in [3.8, 4) is 0 Å². The van der Waals surface area contributed by atoms with Crippen molar-refractivity contribution in [2.45, 2.75) is 46.5 Å². The van der Waals surface area contributed by atoms with Gasteiger partial charge in [-0.15, -0.1) is 0 Å². The van der Waals surface area contributed by atoms with Gasteiger partial charge in [0.05, 0.1) is 0 Å². The number of carbonyl (C=O) groups excluding carboxylic acids is 1. The molecule has 3 heteroatoms. The first-order valence-electron chi connectivity index (χ1n) is 5.77. The van der Waals surface area contributed by atoms with Crippen molar-refractivity contribution in [3.63, 3.8) is 0 Å². The summed E-state index contributed by atoms with van der Waals surface area (Å²) in [4.78, 5) is 13.8.